The van der Waals surface area contributed by atoms with Gasteiger partial charge in [0.25, 0.3) is 0 Å². The van der Waals surface area contributed by atoms with Gasteiger partial charge < -0.3 is 5.32 Å². The van der Waals surface area contributed by atoms with Gasteiger partial charge in [0.1, 0.15) is 6.04 Å². The molecule has 0 aliphatic heterocycles. The van der Waals surface area contributed by atoms with Crippen LogP contribution in [0.4, 0.5) is 13.2 Å². The van der Waals surface area contributed by atoms with Gasteiger partial charge in [-0.25, -0.2) is 4.68 Å². The van der Waals surface area contributed by atoms with Crippen LogP contribution < -0.4 is 5.32 Å². The topological polar surface area (TPSA) is 64.7 Å². The molecule has 0 radical (unpaired) electrons. The minimum absolute atomic E-state index is 0.0163. The van der Waals surface area contributed by atoms with E-state index < -0.39 is 23.8 Å². The van der Waals surface area contributed by atoms with Gasteiger partial charge in [-0.3, -0.25) is 9.48 Å². The van der Waals surface area contributed by atoms with E-state index in [2.05, 4.69) is 10.4 Å². The van der Waals surface area contributed by atoms with E-state index in [0.29, 0.717) is 5.69 Å². The molecule has 6 nitrogen and oxygen atoms in total. The van der Waals surface area contributed by atoms with E-state index in [9.17, 15) is 18.0 Å². The van der Waals surface area contributed by atoms with Crippen LogP contribution in [-0.2, 0) is 17.5 Å². The van der Waals surface area contributed by atoms with Crippen molar-refractivity contribution in [1.29, 1.82) is 0 Å². The highest BCUT2D eigenvalue weighted by molar-refractivity contribution is 5.80. The van der Waals surface area contributed by atoms with Crippen LogP contribution in [0.2, 0.25) is 0 Å². The van der Waals surface area contributed by atoms with Crippen LogP contribution in [-0.4, -0.2) is 25.5 Å². The Hall–Kier alpha value is -3.88. The molecule has 1 N–H and O–H groups in total. The SMILES string of the molecule is CC(C(=O)NCc1cn(-c2ccccc2)nc1-c1ccccc1)n1nc(C(F)(F)F)cc1C1CC1. The molecule has 4 aromatic rings. The second kappa shape index (κ2) is 9.05. The predicted molar refractivity (Wildman–Crippen MR) is 125 cm³/mol. The highest BCUT2D eigenvalue weighted by Crippen LogP contribution is 2.43. The van der Waals surface area contributed by atoms with Crippen molar-refractivity contribution >= 4 is 5.91 Å². The molecule has 180 valence electrons. The molecule has 1 amide bonds. The summed E-state index contributed by atoms with van der Waals surface area (Å²) in [6.07, 6.45) is -1.09. The summed E-state index contributed by atoms with van der Waals surface area (Å²) in [6.45, 7) is 1.74. The molecule has 1 aliphatic carbocycles. The first-order chi connectivity index (χ1) is 16.8. The second-order valence-corrected chi connectivity index (χ2v) is 8.71. The molecule has 0 bridgehead atoms. The molecule has 1 saturated carbocycles. The lowest BCUT2D eigenvalue weighted by Gasteiger charge is -2.16. The maximum atomic E-state index is 13.3. The Morgan fingerprint density at radius 3 is 2.34 bits per heavy atom. The lowest BCUT2D eigenvalue weighted by Crippen LogP contribution is -2.32. The third kappa shape index (κ3) is 4.84. The van der Waals surface area contributed by atoms with Crippen LogP contribution in [0.5, 0.6) is 0 Å². The Morgan fingerprint density at radius 1 is 1.06 bits per heavy atom. The number of carbonyl (C=O) groups is 1. The number of hydrogen-bond donors (Lipinski definition) is 1. The number of benzene rings is 2. The fourth-order valence-corrected chi connectivity index (χ4v) is 4.07. The summed E-state index contributed by atoms with van der Waals surface area (Å²) < 4.78 is 42.8. The lowest BCUT2D eigenvalue weighted by molar-refractivity contribution is -0.142. The van der Waals surface area contributed by atoms with Crippen molar-refractivity contribution in [1.82, 2.24) is 24.9 Å². The summed E-state index contributed by atoms with van der Waals surface area (Å²) in [5.74, 6) is -0.391. The third-order valence-corrected chi connectivity index (χ3v) is 6.11. The number of carbonyl (C=O) groups excluding carboxylic acids is 1. The first-order valence-corrected chi connectivity index (χ1v) is 11.4. The zero-order valence-corrected chi connectivity index (χ0v) is 19.0. The van der Waals surface area contributed by atoms with Crippen molar-refractivity contribution in [3.8, 4) is 16.9 Å². The van der Waals surface area contributed by atoms with Crippen LogP contribution in [0.3, 0.4) is 0 Å². The van der Waals surface area contributed by atoms with E-state index in [1.165, 1.54) is 4.68 Å². The lowest BCUT2D eigenvalue weighted by atomic mass is 10.1. The van der Waals surface area contributed by atoms with Crippen LogP contribution in [0.15, 0.2) is 72.9 Å². The van der Waals surface area contributed by atoms with Crippen molar-refractivity contribution in [3.05, 3.63) is 89.9 Å². The van der Waals surface area contributed by atoms with E-state index >= 15 is 0 Å². The highest BCUT2D eigenvalue weighted by atomic mass is 19.4. The number of hydrogen-bond acceptors (Lipinski definition) is 3. The largest absolute Gasteiger partial charge is 0.435 e. The Balaban J connectivity index is 1.39. The van der Waals surface area contributed by atoms with Gasteiger partial charge in [0.2, 0.25) is 5.91 Å². The van der Waals surface area contributed by atoms with Crippen molar-refractivity contribution in [3.63, 3.8) is 0 Å². The summed E-state index contributed by atoms with van der Waals surface area (Å²) in [7, 11) is 0. The zero-order chi connectivity index (χ0) is 24.6. The standard InChI is InChI=1S/C26H24F3N5O/c1-17(34-22(18-12-13-18)14-23(31-34)26(27,28)29)25(35)30-15-20-16-33(21-10-6-3-7-11-21)32-24(20)19-8-4-2-5-9-19/h2-11,14,16-18H,12-13,15H2,1H3,(H,30,35). The van der Waals surface area contributed by atoms with E-state index in [-0.39, 0.29) is 12.5 Å². The first-order valence-electron chi connectivity index (χ1n) is 11.4. The number of halogens is 3. The molecule has 35 heavy (non-hydrogen) atoms. The van der Waals surface area contributed by atoms with Crippen LogP contribution in [0, 0.1) is 0 Å². The molecule has 1 unspecified atom stereocenters. The van der Waals surface area contributed by atoms with Gasteiger partial charge in [0.15, 0.2) is 5.69 Å². The van der Waals surface area contributed by atoms with Crippen molar-refractivity contribution in [2.24, 2.45) is 0 Å². The van der Waals surface area contributed by atoms with Gasteiger partial charge in [-0.2, -0.15) is 23.4 Å². The predicted octanol–water partition coefficient (Wildman–Crippen LogP) is 5.51. The van der Waals surface area contributed by atoms with Crippen LogP contribution in [0.1, 0.15) is 48.7 Å². The maximum Gasteiger partial charge on any atom is 0.435 e. The Kier molecular flexibility index (Phi) is 5.92. The van der Waals surface area contributed by atoms with Crippen molar-refractivity contribution in [2.75, 3.05) is 0 Å². The second-order valence-electron chi connectivity index (χ2n) is 8.71. The maximum absolute atomic E-state index is 13.3. The number of aromatic nitrogens is 4. The molecule has 2 aromatic heterocycles. The molecule has 5 rings (SSSR count). The average Bonchev–Trinajstić information content (AvgIpc) is 3.45. The van der Waals surface area contributed by atoms with E-state index in [1.54, 1.807) is 11.6 Å². The smallest absolute Gasteiger partial charge is 0.350 e. The fraction of sp³-hybridized carbons (Fsp3) is 0.269. The average molecular weight is 480 g/mol. The third-order valence-electron chi connectivity index (χ3n) is 6.11. The summed E-state index contributed by atoms with van der Waals surface area (Å²) in [5.41, 5.74) is 2.79. The Bertz CT molecular complexity index is 1320. The quantitative estimate of drug-likeness (QED) is 0.380. The number of nitrogens with zero attached hydrogens (tertiary/aromatic N) is 4. The van der Waals surface area contributed by atoms with E-state index in [1.807, 2.05) is 66.9 Å². The van der Waals surface area contributed by atoms with Gasteiger partial charge in [-0.15, -0.1) is 0 Å². The summed E-state index contributed by atoms with van der Waals surface area (Å²) >= 11 is 0. The number of amides is 1. The monoisotopic (exact) mass is 479 g/mol. The molecular weight excluding hydrogens is 455 g/mol. The molecule has 0 saturated heterocycles. The van der Waals surface area contributed by atoms with Gasteiger partial charge in [-0.1, -0.05) is 48.5 Å². The number of alkyl halides is 3. The van der Waals surface area contributed by atoms with E-state index in [4.69, 9.17) is 5.10 Å². The fourth-order valence-electron chi connectivity index (χ4n) is 4.07. The van der Waals surface area contributed by atoms with Crippen LogP contribution in [0.25, 0.3) is 16.9 Å². The number of nitrogens with one attached hydrogen (secondary N) is 1. The number of para-hydroxylation sites is 1. The van der Waals surface area contributed by atoms with E-state index in [0.717, 1.165) is 41.4 Å². The zero-order valence-electron chi connectivity index (χ0n) is 19.0. The van der Waals surface area contributed by atoms with Crippen LogP contribution >= 0.6 is 0 Å². The molecule has 0 spiro atoms. The minimum atomic E-state index is -4.55. The number of rotatable bonds is 7. The highest BCUT2D eigenvalue weighted by Gasteiger charge is 2.39. The summed E-state index contributed by atoms with van der Waals surface area (Å²) in [5, 5.41) is 11.3. The van der Waals surface area contributed by atoms with Crippen molar-refractivity contribution < 1.29 is 18.0 Å². The van der Waals surface area contributed by atoms with Gasteiger partial charge in [0.05, 0.1) is 11.4 Å². The first kappa shape index (κ1) is 22.9. The Labute approximate surface area is 200 Å². The molecule has 1 fully saturated rings. The molecule has 2 aromatic carbocycles. The molecule has 2 heterocycles. The normalized spacial score (nSPS) is 14.6. The molecule has 1 atom stereocenters. The Morgan fingerprint density at radius 2 is 1.71 bits per heavy atom. The van der Waals surface area contributed by atoms with Gasteiger partial charge in [-0.05, 0) is 38.0 Å². The van der Waals surface area contributed by atoms with Crippen molar-refractivity contribution in [2.45, 2.75) is 44.4 Å². The summed E-state index contributed by atoms with van der Waals surface area (Å²) in [4.78, 5) is 13.0. The summed E-state index contributed by atoms with van der Waals surface area (Å²) in [6, 6.07) is 19.4. The molecular formula is C26H24F3N5O. The molecule has 9 heteroatoms. The van der Waals surface area contributed by atoms with Gasteiger partial charge >= 0.3 is 6.18 Å². The van der Waals surface area contributed by atoms with Gasteiger partial charge in [0, 0.05) is 35.5 Å². The molecule has 1 aliphatic rings. The minimum Gasteiger partial charge on any atom is -0.350 e.